The summed E-state index contributed by atoms with van der Waals surface area (Å²) in [6.07, 6.45) is 4.54. The van der Waals surface area contributed by atoms with Crippen LogP contribution in [0.2, 0.25) is 0 Å². The van der Waals surface area contributed by atoms with Crippen molar-refractivity contribution in [2.24, 2.45) is 5.92 Å². The van der Waals surface area contributed by atoms with Crippen LogP contribution in [0.25, 0.3) is 16.6 Å². The number of hydrogen-bond acceptors (Lipinski definition) is 6. The van der Waals surface area contributed by atoms with E-state index in [4.69, 9.17) is 9.47 Å². The predicted octanol–water partition coefficient (Wildman–Crippen LogP) is 4.98. The van der Waals surface area contributed by atoms with Crippen LogP contribution in [0.15, 0.2) is 30.5 Å². The molecule has 8 nitrogen and oxygen atoms in total. The average molecular weight is 610 g/mol. The fraction of sp³-hybridized carbons (Fsp3) is 0.588. The number of aromatic nitrogens is 2. The van der Waals surface area contributed by atoms with E-state index >= 15 is 4.39 Å². The molecule has 3 aliphatic rings. The number of hydrogen-bond donors (Lipinski definition) is 0. The number of amides is 1. The average Bonchev–Trinajstić information content (AvgIpc) is 3.26. The van der Waals surface area contributed by atoms with E-state index in [0.29, 0.717) is 60.8 Å². The number of likely N-dealkylation sites (N-methyl/N-ethyl adjacent to an activating group) is 1. The molecule has 10 heteroatoms. The first kappa shape index (κ1) is 31.1. The Kier molecular flexibility index (Phi) is 9.06. The van der Waals surface area contributed by atoms with Crippen molar-refractivity contribution in [3.05, 3.63) is 59.2 Å². The van der Waals surface area contributed by atoms with Crippen LogP contribution in [0, 0.1) is 24.6 Å². The Labute approximate surface area is 258 Å². The number of nitrogens with zero attached hydrogens (tertiary/aromatic N) is 5. The summed E-state index contributed by atoms with van der Waals surface area (Å²) in [5.41, 5.74) is 2.61. The Hall–Kier alpha value is -2.92. The molecule has 0 spiro atoms. The van der Waals surface area contributed by atoms with Crippen LogP contribution in [0.1, 0.15) is 61.3 Å². The molecule has 1 amide bonds. The van der Waals surface area contributed by atoms with Gasteiger partial charge >= 0.3 is 0 Å². The summed E-state index contributed by atoms with van der Waals surface area (Å²) in [6.45, 7) is 14.0. The van der Waals surface area contributed by atoms with Crippen LogP contribution in [0.5, 0.6) is 0 Å². The number of carbonyl (C=O) groups is 1. The molecule has 0 N–H and O–H groups in total. The minimum absolute atomic E-state index is 0.148. The second kappa shape index (κ2) is 12.8. The lowest BCUT2D eigenvalue weighted by Crippen LogP contribution is -2.55. The van der Waals surface area contributed by atoms with Crippen molar-refractivity contribution in [1.82, 2.24) is 24.1 Å². The number of aryl methyl sites for hydroxylation is 1. The molecule has 3 fully saturated rings. The number of likely N-dealkylation sites (tertiary alicyclic amines) is 2. The molecule has 3 atom stereocenters. The number of pyridine rings is 1. The van der Waals surface area contributed by atoms with Crippen molar-refractivity contribution in [3.63, 3.8) is 0 Å². The maximum Gasteiger partial charge on any atom is 0.254 e. The van der Waals surface area contributed by atoms with Gasteiger partial charge in [-0.25, -0.2) is 9.37 Å². The van der Waals surface area contributed by atoms with Gasteiger partial charge in [-0.2, -0.15) is 4.39 Å². The van der Waals surface area contributed by atoms with Crippen LogP contribution >= 0.6 is 0 Å². The number of ether oxygens (including phenoxy) is 2. The number of carbonyl (C=O) groups excluding carboxylic acids is 1. The first-order valence-electron chi connectivity index (χ1n) is 16.0. The molecular formula is C34H45F2N5O3. The summed E-state index contributed by atoms with van der Waals surface area (Å²) < 4.78 is 43.7. The summed E-state index contributed by atoms with van der Waals surface area (Å²) in [7, 11) is 2.16. The number of halogens is 2. The van der Waals surface area contributed by atoms with E-state index in [2.05, 4.69) is 35.7 Å². The first-order valence-corrected chi connectivity index (χ1v) is 16.0. The van der Waals surface area contributed by atoms with E-state index in [1.54, 1.807) is 22.3 Å². The van der Waals surface area contributed by atoms with Crippen molar-refractivity contribution in [3.8, 4) is 11.1 Å². The van der Waals surface area contributed by atoms with Crippen molar-refractivity contribution in [2.75, 3.05) is 59.6 Å². The van der Waals surface area contributed by atoms with Gasteiger partial charge in [0.1, 0.15) is 17.2 Å². The van der Waals surface area contributed by atoms with E-state index < -0.39 is 11.8 Å². The molecule has 3 aliphatic heterocycles. The molecule has 0 saturated carbocycles. The van der Waals surface area contributed by atoms with Gasteiger partial charge in [0.15, 0.2) is 0 Å². The molecule has 5 heterocycles. The van der Waals surface area contributed by atoms with Gasteiger partial charge < -0.3 is 23.7 Å². The Morgan fingerprint density at radius 2 is 1.93 bits per heavy atom. The number of piperidine rings is 1. The van der Waals surface area contributed by atoms with Crippen LogP contribution in [0.4, 0.5) is 8.78 Å². The molecule has 44 heavy (non-hydrogen) atoms. The highest BCUT2D eigenvalue weighted by Crippen LogP contribution is 2.38. The van der Waals surface area contributed by atoms with Crippen LogP contribution in [-0.2, 0) is 9.47 Å². The zero-order valence-electron chi connectivity index (χ0n) is 26.6. The molecule has 1 aromatic carbocycles. The molecule has 6 rings (SSSR count). The number of fused-ring (bicyclic) bond motifs is 1. The lowest BCUT2D eigenvalue weighted by Gasteiger charge is -2.46. The molecule has 238 valence electrons. The van der Waals surface area contributed by atoms with Gasteiger partial charge in [-0.05, 0) is 75.5 Å². The molecular weight excluding hydrogens is 564 g/mol. The highest BCUT2D eigenvalue weighted by Gasteiger charge is 2.37. The van der Waals surface area contributed by atoms with Crippen molar-refractivity contribution < 1.29 is 23.0 Å². The van der Waals surface area contributed by atoms with E-state index in [-0.39, 0.29) is 29.5 Å². The number of rotatable bonds is 8. The lowest BCUT2D eigenvalue weighted by molar-refractivity contribution is -0.0494. The van der Waals surface area contributed by atoms with Gasteiger partial charge in [0.05, 0.1) is 37.5 Å². The minimum Gasteiger partial charge on any atom is -0.377 e. The molecule has 0 radical (unpaired) electrons. The number of imidazole rings is 1. The highest BCUT2D eigenvalue weighted by molar-refractivity contribution is 6.03. The lowest BCUT2D eigenvalue weighted by atomic mass is 9.86. The van der Waals surface area contributed by atoms with Crippen molar-refractivity contribution >= 4 is 11.4 Å². The highest BCUT2D eigenvalue weighted by atomic mass is 19.1. The predicted molar refractivity (Wildman–Crippen MR) is 166 cm³/mol. The van der Waals surface area contributed by atoms with E-state index in [0.717, 1.165) is 38.2 Å². The Balaban J connectivity index is 1.29. The minimum atomic E-state index is -0.605. The molecule has 0 aliphatic carbocycles. The third kappa shape index (κ3) is 6.14. The van der Waals surface area contributed by atoms with Gasteiger partial charge in [0, 0.05) is 49.9 Å². The summed E-state index contributed by atoms with van der Waals surface area (Å²) in [6, 6.07) is 6.34. The quantitative estimate of drug-likeness (QED) is 0.359. The molecule has 0 bridgehead atoms. The maximum atomic E-state index is 15.4. The van der Waals surface area contributed by atoms with Crippen LogP contribution in [0.3, 0.4) is 0 Å². The monoisotopic (exact) mass is 609 g/mol. The second-order valence-electron chi connectivity index (χ2n) is 13.3. The van der Waals surface area contributed by atoms with Gasteiger partial charge in [0.2, 0.25) is 5.95 Å². The molecule has 3 aromatic rings. The van der Waals surface area contributed by atoms with E-state index in [1.807, 2.05) is 19.2 Å². The standard InChI is InChI=1S/C34H45F2N5O3/c1-21(2)31(20-44-27-7-6-10-38(5)18-27)39-15-25(16-39)24-13-29(32-33(36)37-23(4)41(32)17-24)28-9-8-26(35)14-30(28)34(42)40-11-12-43-19-22(40)3/h8-9,13-14,17,21-22,25,27,31H,6-7,10-12,15-16,18-20H2,1-5H3/t22-,27+,31+/m1/s1. The third-order valence-corrected chi connectivity index (χ3v) is 9.72. The van der Waals surface area contributed by atoms with Crippen molar-refractivity contribution in [1.29, 1.82) is 0 Å². The first-order chi connectivity index (χ1) is 21.1. The summed E-state index contributed by atoms with van der Waals surface area (Å²) in [5.74, 6) is -0.202. The fourth-order valence-corrected chi connectivity index (χ4v) is 7.07. The summed E-state index contributed by atoms with van der Waals surface area (Å²) in [4.78, 5) is 24.5. The van der Waals surface area contributed by atoms with Gasteiger partial charge in [0.25, 0.3) is 5.91 Å². The molecule has 0 unspecified atom stereocenters. The zero-order valence-corrected chi connectivity index (χ0v) is 26.6. The summed E-state index contributed by atoms with van der Waals surface area (Å²) in [5, 5.41) is 0. The van der Waals surface area contributed by atoms with E-state index in [1.165, 1.54) is 18.6 Å². The van der Waals surface area contributed by atoms with Crippen LogP contribution < -0.4 is 0 Å². The number of morpholine rings is 1. The summed E-state index contributed by atoms with van der Waals surface area (Å²) >= 11 is 0. The van der Waals surface area contributed by atoms with Crippen LogP contribution in [-0.4, -0.2) is 108 Å². The SMILES string of the molecule is Cc1nc(F)c2c(-c3ccc(F)cc3C(=O)N3CCOC[C@H]3C)cc(C3CN([C@@H](CO[C@H]4CCCN(C)C4)C(C)C)C3)cn12. The third-order valence-electron chi connectivity index (χ3n) is 9.72. The zero-order chi connectivity index (χ0) is 31.1. The number of benzene rings is 1. The smallest absolute Gasteiger partial charge is 0.254 e. The van der Waals surface area contributed by atoms with Gasteiger partial charge in [-0.1, -0.05) is 19.9 Å². The Bertz CT molecular complexity index is 1500. The normalized spacial score (nSPS) is 23.0. The second-order valence-corrected chi connectivity index (χ2v) is 13.3. The largest absolute Gasteiger partial charge is 0.377 e. The maximum absolute atomic E-state index is 15.4. The Morgan fingerprint density at radius 3 is 2.66 bits per heavy atom. The van der Waals surface area contributed by atoms with Gasteiger partial charge in [-0.3, -0.25) is 9.69 Å². The van der Waals surface area contributed by atoms with Crippen molar-refractivity contribution in [2.45, 2.75) is 64.6 Å². The van der Waals surface area contributed by atoms with E-state index in [9.17, 15) is 9.18 Å². The fourth-order valence-electron chi connectivity index (χ4n) is 7.07. The Morgan fingerprint density at radius 1 is 1.14 bits per heavy atom. The molecule has 2 aromatic heterocycles. The van der Waals surface area contributed by atoms with Gasteiger partial charge in [-0.15, -0.1) is 0 Å². The molecule has 3 saturated heterocycles. The topological polar surface area (TPSA) is 62.6 Å².